The van der Waals surface area contributed by atoms with Crippen molar-refractivity contribution in [2.45, 2.75) is 45.6 Å². The van der Waals surface area contributed by atoms with Crippen LogP contribution in [-0.4, -0.2) is 67.6 Å². The van der Waals surface area contributed by atoms with Gasteiger partial charge in [0.15, 0.2) is 5.96 Å². The number of nitrogens with two attached hydrogens (primary N) is 1. The first kappa shape index (κ1) is 20.0. The molecule has 5 nitrogen and oxygen atoms in total. The van der Waals surface area contributed by atoms with Gasteiger partial charge in [0, 0.05) is 25.7 Å². The number of aliphatic imine (C=N–C) groups is 1. The second-order valence-corrected chi connectivity index (χ2v) is 6.43. The molecule has 0 spiro atoms. The van der Waals surface area contributed by atoms with Gasteiger partial charge in [0.1, 0.15) is 0 Å². The molecule has 3 N–H and O–H groups in total. The van der Waals surface area contributed by atoms with Crippen molar-refractivity contribution >= 4 is 29.9 Å². The van der Waals surface area contributed by atoms with E-state index in [0.29, 0.717) is 17.9 Å². The number of hydrogen-bond donors (Lipinski definition) is 2. The van der Waals surface area contributed by atoms with Crippen molar-refractivity contribution in [3.8, 4) is 0 Å². The molecule has 0 radical (unpaired) electrons. The quantitative estimate of drug-likeness (QED) is 0.388. The molecule has 2 heterocycles. The van der Waals surface area contributed by atoms with Gasteiger partial charge in [-0.25, -0.2) is 0 Å². The topological polar surface area (TPSA) is 56.9 Å². The molecule has 0 bridgehead atoms. The van der Waals surface area contributed by atoms with Gasteiger partial charge in [-0.2, -0.15) is 0 Å². The summed E-state index contributed by atoms with van der Waals surface area (Å²) < 4.78 is 0. The second-order valence-electron chi connectivity index (χ2n) is 6.43. The van der Waals surface area contributed by atoms with Crippen LogP contribution in [0.25, 0.3) is 0 Å². The maximum Gasteiger partial charge on any atom is 0.188 e. The molecule has 2 aliphatic rings. The fourth-order valence-corrected chi connectivity index (χ4v) is 3.64. The van der Waals surface area contributed by atoms with E-state index in [1.165, 1.54) is 45.3 Å². The van der Waals surface area contributed by atoms with Crippen LogP contribution in [0.15, 0.2) is 4.99 Å². The zero-order valence-corrected chi connectivity index (χ0v) is 16.6. The van der Waals surface area contributed by atoms with E-state index in [1.807, 2.05) is 0 Å². The van der Waals surface area contributed by atoms with Gasteiger partial charge < -0.3 is 16.0 Å². The van der Waals surface area contributed by atoms with Crippen LogP contribution in [0.3, 0.4) is 0 Å². The molecule has 2 fully saturated rings. The largest absolute Gasteiger partial charge is 0.370 e. The standard InChI is InChI=1S/C16H33N5.HI/c1-3-20-9-5-7-14(13-20)11-18-16(17)19-12-15-8-6-10-21(15)4-2;/h14-15H,3-13H2,1-2H3,(H3,17,18,19);1H. The molecular formula is C16H34IN5. The minimum atomic E-state index is 0. The summed E-state index contributed by atoms with van der Waals surface area (Å²) >= 11 is 0. The van der Waals surface area contributed by atoms with Crippen molar-refractivity contribution in [3.05, 3.63) is 0 Å². The number of likely N-dealkylation sites (tertiary alicyclic amines) is 2. The molecule has 130 valence electrons. The van der Waals surface area contributed by atoms with Crippen molar-refractivity contribution in [2.75, 3.05) is 45.8 Å². The number of rotatable bonds is 6. The maximum atomic E-state index is 6.03. The summed E-state index contributed by atoms with van der Waals surface area (Å²) in [5, 5.41) is 3.33. The predicted octanol–water partition coefficient (Wildman–Crippen LogP) is 1.72. The van der Waals surface area contributed by atoms with Crippen molar-refractivity contribution in [3.63, 3.8) is 0 Å². The number of guanidine groups is 1. The van der Waals surface area contributed by atoms with Crippen LogP contribution in [0.5, 0.6) is 0 Å². The minimum Gasteiger partial charge on any atom is -0.370 e. The Morgan fingerprint density at radius 3 is 2.68 bits per heavy atom. The van der Waals surface area contributed by atoms with Gasteiger partial charge in [0.05, 0.1) is 0 Å². The Morgan fingerprint density at radius 2 is 1.95 bits per heavy atom. The van der Waals surface area contributed by atoms with E-state index < -0.39 is 0 Å². The third-order valence-electron chi connectivity index (χ3n) is 4.99. The average molecular weight is 423 g/mol. The van der Waals surface area contributed by atoms with E-state index in [2.05, 4.69) is 34.0 Å². The Kier molecular flexibility index (Phi) is 9.66. The number of nitrogens with one attached hydrogen (secondary N) is 1. The van der Waals surface area contributed by atoms with Crippen molar-refractivity contribution < 1.29 is 0 Å². The number of likely N-dealkylation sites (N-methyl/N-ethyl adjacent to an activating group) is 1. The lowest BCUT2D eigenvalue weighted by Gasteiger charge is -2.31. The molecule has 0 aromatic heterocycles. The normalized spacial score (nSPS) is 27.6. The van der Waals surface area contributed by atoms with Gasteiger partial charge in [-0.1, -0.05) is 13.8 Å². The molecule has 2 atom stereocenters. The number of piperidine rings is 1. The lowest BCUT2D eigenvalue weighted by atomic mass is 9.98. The maximum absolute atomic E-state index is 6.03. The molecule has 2 aliphatic heterocycles. The molecule has 0 aliphatic carbocycles. The summed E-state index contributed by atoms with van der Waals surface area (Å²) in [6, 6.07) is 0.633. The van der Waals surface area contributed by atoms with Crippen LogP contribution >= 0.6 is 24.0 Å². The van der Waals surface area contributed by atoms with Gasteiger partial charge in [0.2, 0.25) is 0 Å². The van der Waals surface area contributed by atoms with Gasteiger partial charge >= 0.3 is 0 Å². The number of halogens is 1. The second kappa shape index (κ2) is 10.6. The molecular weight excluding hydrogens is 389 g/mol. The summed E-state index contributed by atoms with van der Waals surface area (Å²) in [5.74, 6) is 1.31. The third kappa shape index (κ3) is 6.20. The summed E-state index contributed by atoms with van der Waals surface area (Å²) in [6.45, 7) is 12.2. The van der Waals surface area contributed by atoms with Crippen molar-refractivity contribution in [2.24, 2.45) is 16.6 Å². The molecule has 22 heavy (non-hydrogen) atoms. The highest BCUT2D eigenvalue weighted by molar-refractivity contribution is 14.0. The first-order valence-corrected chi connectivity index (χ1v) is 8.73. The van der Waals surface area contributed by atoms with Crippen LogP contribution in [0.1, 0.15) is 39.5 Å². The third-order valence-corrected chi connectivity index (χ3v) is 4.99. The average Bonchev–Trinajstić information content (AvgIpc) is 2.98. The summed E-state index contributed by atoms with van der Waals surface area (Å²) in [6.07, 6.45) is 5.18. The fraction of sp³-hybridized carbons (Fsp3) is 0.938. The Bertz CT molecular complexity index is 336. The highest BCUT2D eigenvalue weighted by Gasteiger charge is 2.22. The molecule has 0 saturated carbocycles. The molecule has 2 rings (SSSR count). The summed E-state index contributed by atoms with van der Waals surface area (Å²) in [5.41, 5.74) is 6.03. The SMILES string of the molecule is CCN1CCCC(CN=C(N)NCC2CCCN2CC)C1.I. The zero-order chi connectivity index (χ0) is 15.1. The molecule has 0 amide bonds. The van der Waals surface area contributed by atoms with E-state index in [-0.39, 0.29) is 24.0 Å². The van der Waals surface area contributed by atoms with Crippen LogP contribution in [0, 0.1) is 5.92 Å². The lowest BCUT2D eigenvalue weighted by molar-refractivity contribution is 0.186. The summed E-state index contributed by atoms with van der Waals surface area (Å²) in [4.78, 5) is 9.61. The monoisotopic (exact) mass is 423 g/mol. The minimum absolute atomic E-state index is 0. The Labute approximate surface area is 153 Å². The van der Waals surface area contributed by atoms with Crippen LogP contribution in [0.2, 0.25) is 0 Å². The summed E-state index contributed by atoms with van der Waals surface area (Å²) in [7, 11) is 0. The Morgan fingerprint density at radius 1 is 1.18 bits per heavy atom. The highest BCUT2D eigenvalue weighted by atomic mass is 127. The van der Waals surface area contributed by atoms with Crippen molar-refractivity contribution in [1.82, 2.24) is 15.1 Å². The van der Waals surface area contributed by atoms with E-state index >= 15 is 0 Å². The fourth-order valence-electron chi connectivity index (χ4n) is 3.64. The molecule has 2 saturated heterocycles. The van der Waals surface area contributed by atoms with Crippen LogP contribution in [0.4, 0.5) is 0 Å². The van der Waals surface area contributed by atoms with Crippen molar-refractivity contribution in [1.29, 1.82) is 0 Å². The Balaban J connectivity index is 0.00000242. The van der Waals surface area contributed by atoms with E-state index in [0.717, 1.165) is 26.2 Å². The first-order chi connectivity index (χ1) is 10.2. The van der Waals surface area contributed by atoms with E-state index in [1.54, 1.807) is 0 Å². The smallest absolute Gasteiger partial charge is 0.188 e. The van der Waals surface area contributed by atoms with Gasteiger partial charge in [-0.3, -0.25) is 9.89 Å². The molecule has 0 aromatic carbocycles. The Hall–Kier alpha value is -0.0800. The zero-order valence-electron chi connectivity index (χ0n) is 14.3. The molecule has 0 aromatic rings. The molecule has 2 unspecified atom stereocenters. The van der Waals surface area contributed by atoms with Crippen LogP contribution < -0.4 is 11.1 Å². The number of nitrogens with zero attached hydrogens (tertiary/aromatic N) is 3. The van der Waals surface area contributed by atoms with Gasteiger partial charge in [0.25, 0.3) is 0 Å². The van der Waals surface area contributed by atoms with Gasteiger partial charge in [-0.05, 0) is 57.8 Å². The van der Waals surface area contributed by atoms with E-state index in [4.69, 9.17) is 5.73 Å². The van der Waals surface area contributed by atoms with Crippen LogP contribution in [-0.2, 0) is 0 Å². The lowest BCUT2D eigenvalue weighted by Crippen LogP contribution is -2.43. The highest BCUT2D eigenvalue weighted by Crippen LogP contribution is 2.17. The molecule has 6 heteroatoms. The van der Waals surface area contributed by atoms with E-state index in [9.17, 15) is 0 Å². The van der Waals surface area contributed by atoms with Gasteiger partial charge in [-0.15, -0.1) is 24.0 Å². The first-order valence-electron chi connectivity index (χ1n) is 8.73. The number of hydrogen-bond acceptors (Lipinski definition) is 3. The predicted molar refractivity (Wildman–Crippen MR) is 105 cm³/mol.